The second-order valence-electron chi connectivity index (χ2n) is 8.74. The van der Waals surface area contributed by atoms with Crippen LogP contribution in [0.1, 0.15) is 48.8 Å². The topological polar surface area (TPSA) is 58.6 Å². The van der Waals surface area contributed by atoms with E-state index in [9.17, 15) is 4.79 Å². The van der Waals surface area contributed by atoms with E-state index >= 15 is 0 Å². The summed E-state index contributed by atoms with van der Waals surface area (Å²) in [6.07, 6.45) is 4.73. The van der Waals surface area contributed by atoms with E-state index < -0.39 is 0 Å². The molecule has 1 saturated heterocycles. The smallest absolute Gasteiger partial charge is 0.253 e. The van der Waals surface area contributed by atoms with Gasteiger partial charge in [0.15, 0.2) is 0 Å². The maximum Gasteiger partial charge on any atom is 0.253 e. The molecular weight excluding hydrogens is 424 g/mol. The molecule has 0 radical (unpaired) electrons. The van der Waals surface area contributed by atoms with Crippen molar-refractivity contribution in [3.05, 3.63) is 72.1 Å². The van der Waals surface area contributed by atoms with Gasteiger partial charge in [-0.2, -0.15) is 0 Å². The van der Waals surface area contributed by atoms with Gasteiger partial charge in [-0.15, -0.1) is 0 Å². The van der Waals surface area contributed by atoms with Crippen molar-refractivity contribution < 1.29 is 9.53 Å². The second-order valence-corrected chi connectivity index (χ2v) is 8.74. The molecule has 6 nitrogen and oxygen atoms in total. The number of unbranched alkanes of at least 4 members (excludes halogenated alkanes) is 3. The van der Waals surface area contributed by atoms with E-state index in [1.165, 1.54) is 19.3 Å². The third-order valence-electron chi connectivity index (χ3n) is 6.15. The molecule has 1 amide bonds. The van der Waals surface area contributed by atoms with Gasteiger partial charge in [0.1, 0.15) is 17.4 Å². The molecule has 0 spiro atoms. The van der Waals surface area contributed by atoms with Gasteiger partial charge in [-0.25, -0.2) is 9.97 Å². The highest BCUT2D eigenvalue weighted by atomic mass is 16.5. The number of amides is 1. The van der Waals surface area contributed by atoms with E-state index in [0.29, 0.717) is 18.7 Å². The number of carbonyl (C=O) groups is 1. The average molecular weight is 459 g/mol. The Morgan fingerprint density at radius 2 is 1.65 bits per heavy atom. The zero-order valence-electron chi connectivity index (χ0n) is 20.2. The molecule has 1 fully saturated rings. The number of benzene rings is 2. The molecule has 1 aliphatic rings. The third kappa shape index (κ3) is 6.13. The Balaban J connectivity index is 1.32. The summed E-state index contributed by atoms with van der Waals surface area (Å²) in [7, 11) is 0. The lowest BCUT2D eigenvalue weighted by molar-refractivity contribution is 0.0746. The van der Waals surface area contributed by atoms with Gasteiger partial charge in [0.05, 0.1) is 12.3 Å². The molecule has 34 heavy (non-hydrogen) atoms. The molecule has 0 aliphatic carbocycles. The second kappa shape index (κ2) is 11.6. The van der Waals surface area contributed by atoms with Crippen molar-refractivity contribution in [2.24, 2.45) is 0 Å². The number of anilines is 1. The van der Waals surface area contributed by atoms with Crippen LogP contribution >= 0.6 is 0 Å². The zero-order chi connectivity index (χ0) is 23.8. The molecule has 0 saturated carbocycles. The minimum absolute atomic E-state index is 0.0676. The van der Waals surface area contributed by atoms with E-state index in [-0.39, 0.29) is 5.91 Å². The maximum absolute atomic E-state index is 13.0. The predicted molar refractivity (Wildman–Crippen MR) is 136 cm³/mol. The third-order valence-corrected chi connectivity index (χ3v) is 6.15. The maximum atomic E-state index is 13.0. The lowest BCUT2D eigenvalue weighted by atomic mass is 10.1. The van der Waals surface area contributed by atoms with E-state index in [1.54, 1.807) is 0 Å². The van der Waals surface area contributed by atoms with Gasteiger partial charge in [-0.05, 0) is 37.6 Å². The SMILES string of the molecule is CCCCCCOc1ccc(C(=O)N2CCN(c3cc(-c4ccccc4)nc(C)n3)CC2)cc1. The Morgan fingerprint density at radius 1 is 0.912 bits per heavy atom. The molecule has 0 atom stereocenters. The molecule has 1 aliphatic heterocycles. The van der Waals surface area contributed by atoms with Crippen molar-refractivity contribution in [3.63, 3.8) is 0 Å². The molecule has 178 valence electrons. The minimum atomic E-state index is 0.0676. The molecular formula is C28H34N4O2. The van der Waals surface area contributed by atoms with Crippen LogP contribution in [0.15, 0.2) is 60.7 Å². The number of rotatable bonds is 9. The van der Waals surface area contributed by atoms with Crippen molar-refractivity contribution in [1.29, 1.82) is 0 Å². The summed E-state index contributed by atoms with van der Waals surface area (Å²) < 4.78 is 5.80. The lowest BCUT2D eigenvalue weighted by Crippen LogP contribution is -2.49. The molecule has 1 aromatic heterocycles. The van der Waals surface area contributed by atoms with Gasteiger partial charge in [0.25, 0.3) is 5.91 Å². The van der Waals surface area contributed by atoms with Gasteiger partial charge in [-0.3, -0.25) is 4.79 Å². The van der Waals surface area contributed by atoms with E-state index in [2.05, 4.69) is 33.9 Å². The first-order valence-electron chi connectivity index (χ1n) is 12.3. The Labute approximate surface area is 202 Å². The first kappa shape index (κ1) is 23.7. The van der Waals surface area contributed by atoms with Crippen molar-refractivity contribution in [3.8, 4) is 17.0 Å². The van der Waals surface area contributed by atoms with Crippen LogP contribution in [0.2, 0.25) is 0 Å². The number of nitrogens with zero attached hydrogens (tertiary/aromatic N) is 4. The first-order chi connectivity index (χ1) is 16.6. The highest BCUT2D eigenvalue weighted by Gasteiger charge is 2.23. The van der Waals surface area contributed by atoms with Gasteiger partial charge < -0.3 is 14.5 Å². The molecule has 2 heterocycles. The van der Waals surface area contributed by atoms with Crippen LogP contribution in [0.5, 0.6) is 5.75 Å². The highest BCUT2D eigenvalue weighted by Crippen LogP contribution is 2.23. The van der Waals surface area contributed by atoms with Crippen LogP contribution in [0, 0.1) is 6.92 Å². The first-order valence-corrected chi connectivity index (χ1v) is 12.3. The van der Waals surface area contributed by atoms with Crippen molar-refractivity contribution in [2.45, 2.75) is 39.5 Å². The zero-order valence-corrected chi connectivity index (χ0v) is 20.2. The van der Waals surface area contributed by atoms with Crippen LogP contribution in [0.3, 0.4) is 0 Å². The van der Waals surface area contributed by atoms with E-state index in [1.807, 2.05) is 60.4 Å². The summed E-state index contributed by atoms with van der Waals surface area (Å²) in [5, 5.41) is 0. The van der Waals surface area contributed by atoms with Crippen molar-refractivity contribution in [1.82, 2.24) is 14.9 Å². The quantitative estimate of drug-likeness (QED) is 0.403. The number of aryl methyl sites for hydroxylation is 1. The van der Waals surface area contributed by atoms with Gasteiger partial charge >= 0.3 is 0 Å². The van der Waals surface area contributed by atoms with Crippen molar-refractivity contribution in [2.75, 3.05) is 37.7 Å². The van der Waals surface area contributed by atoms with E-state index in [0.717, 1.165) is 54.8 Å². The summed E-state index contributed by atoms with van der Waals surface area (Å²) in [5.41, 5.74) is 2.71. The minimum Gasteiger partial charge on any atom is -0.494 e. The number of piperazine rings is 1. The van der Waals surface area contributed by atoms with Crippen LogP contribution in [-0.4, -0.2) is 53.6 Å². The van der Waals surface area contributed by atoms with Crippen LogP contribution in [-0.2, 0) is 0 Å². The molecule has 0 N–H and O–H groups in total. The van der Waals surface area contributed by atoms with Crippen LogP contribution in [0.25, 0.3) is 11.3 Å². The number of carbonyl (C=O) groups excluding carboxylic acids is 1. The fourth-order valence-corrected chi connectivity index (χ4v) is 4.20. The Kier molecular flexibility index (Phi) is 8.12. The fraction of sp³-hybridized carbons (Fsp3) is 0.393. The highest BCUT2D eigenvalue weighted by molar-refractivity contribution is 5.94. The summed E-state index contributed by atoms with van der Waals surface area (Å²) in [6, 6.07) is 19.7. The van der Waals surface area contributed by atoms with Crippen molar-refractivity contribution >= 4 is 11.7 Å². The summed E-state index contributed by atoms with van der Waals surface area (Å²) in [4.78, 5) is 26.4. The number of aromatic nitrogens is 2. The molecule has 0 bridgehead atoms. The number of hydrogen-bond donors (Lipinski definition) is 0. The summed E-state index contributed by atoms with van der Waals surface area (Å²) in [5.74, 6) is 2.56. The molecule has 4 rings (SSSR count). The average Bonchev–Trinajstić information content (AvgIpc) is 2.89. The van der Waals surface area contributed by atoms with Crippen LogP contribution in [0.4, 0.5) is 5.82 Å². The van der Waals surface area contributed by atoms with E-state index in [4.69, 9.17) is 4.74 Å². The molecule has 6 heteroatoms. The monoisotopic (exact) mass is 458 g/mol. The number of ether oxygens (including phenoxy) is 1. The predicted octanol–water partition coefficient (Wildman–Crippen LogP) is 5.37. The largest absolute Gasteiger partial charge is 0.494 e. The van der Waals surface area contributed by atoms with Crippen LogP contribution < -0.4 is 9.64 Å². The van der Waals surface area contributed by atoms with Gasteiger partial charge in [0, 0.05) is 43.4 Å². The molecule has 0 unspecified atom stereocenters. The Morgan fingerprint density at radius 3 is 2.35 bits per heavy atom. The van der Waals surface area contributed by atoms with Gasteiger partial charge in [0.2, 0.25) is 0 Å². The molecule has 2 aromatic carbocycles. The molecule has 3 aromatic rings. The number of hydrogen-bond acceptors (Lipinski definition) is 5. The fourth-order valence-electron chi connectivity index (χ4n) is 4.20. The normalized spacial score (nSPS) is 13.7. The summed E-state index contributed by atoms with van der Waals surface area (Å²) >= 11 is 0. The Hall–Kier alpha value is -3.41. The van der Waals surface area contributed by atoms with Gasteiger partial charge in [-0.1, -0.05) is 56.5 Å². The lowest BCUT2D eigenvalue weighted by Gasteiger charge is -2.35. The Bertz CT molecular complexity index is 1060. The summed E-state index contributed by atoms with van der Waals surface area (Å²) in [6.45, 7) is 7.68. The standard InChI is InChI=1S/C28H34N4O2/c1-3-4-5-9-20-34-25-14-12-24(13-15-25)28(33)32-18-16-31(17-19-32)27-21-26(29-22(2)30-27)23-10-7-6-8-11-23/h6-8,10-15,21H,3-5,9,16-20H2,1-2H3.